The quantitative estimate of drug-likeness (QED) is 0.828. The maximum absolute atomic E-state index is 12.4. The Morgan fingerprint density at radius 3 is 2.58 bits per heavy atom. The first-order valence-corrected chi connectivity index (χ1v) is 8.19. The smallest absolute Gasteiger partial charge is 0.290 e. The third-order valence-corrected chi connectivity index (χ3v) is 4.43. The van der Waals surface area contributed by atoms with Crippen molar-refractivity contribution in [3.05, 3.63) is 58.1 Å². The number of halogens is 1. The van der Waals surface area contributed by atoms with Crippen molar-refractivity contribution in [1.82, 2.24) is 0 Å². The van der Waals surface area contributed by atoms with Gasteiger partial charge in [0.05, 0.1) is 24.6 Å². The zero-order valence-corrected chi connectivity index (χ0v) is 14.1. The van der Waals surface area contributed by atoms with Crippen LogP contribution in [0.15, 0.2) is 46.9 Å². The molecule has 1 saturated heterocycles. The predicted octanol–water partition coefficient (Wildman–Crippen LogP) is 2.85. The zero-order chi connectivity index (χ0) is 16.7. The molecule has 2 amide bonds. The van der Waals surface area contributed by atoms with Gasteiger partial charge in [0.2, 0.25) is 0 Å². The molecule has 2 aromatic carbocycles. The number of carbonyl (C=O) groups excluding carboxylic acids is 2. The van der Waals surface area contributed by atoms with Crippen molar-refractivity contribution in [3.8, 4) is 0 Å². The van der Waals surface area contributed by atoms with E-state index in [4.69, 9.17) is 9.47 Å². The predicted molar refractivity (Wildman–Crippen MR) is 90.7 cm³/mol. The number of amides is 2. The minimum Gasteiger partial charge on any atom is -0.336 e. The second kappa shape index (κ2) is 5.70. The van der Waals surface area contributed by atoms with Gasteiger partial charge >= 0.3 is 0 Å². The van der Waals surface area contributed by atoms with Crippen LogP contribution < -0.4 is 10.6 Å². The van der Waals surface area contributed by atoms with Crippen LogP contribution in [-0.4, -0.2) is 25.0 Å². The summed E-state index contributed by atoms with van der Waals surface area (Å²) in [7, 11) is 0. The first kappa shape index (κ1) is 15.3. The lowest BCUT2D eigenvalue weighted by Crippen LogP contribution is -2.35. The van der Waals surface area contributed by atoms with E-state index in [0.29, 0.717) is 40.2 Å². The van der Waals surface area contributed by atoms with Crippen LogP contribution in [0.2, 0.25) is 0 Å². The molecule has 0 unspecified atom stereocenters. The third-order valence-electron chi connectivity index (χ3n) is 3.97. The molecule has 7 heteroatoms. The van der Waals surface area contributed by atoms with Crippen LogP contribution in [-0.2, 0) is 20.1 Å². The van der Waals surface area contributed by atoms with Gasteiger partial charge < -0.3 is 20.1 Å². The average Bonchev–Trinajstić information content (AvgIpc) is 3.17. The van der Waals surface area contributed by atoms with Gasteiger partial charge in [-0.2, -0.15) is 0 Å². The Morgan fingerprint density at radius 1 is 1.17 bits per heavy atom. The van der Waals surface area contributed by atoms with E-state index in [1.165, 1.54) is 0 Å². The first-order valence-electron chi connectivity index (χ1n) is 7.40. The number of nitrogens with one attached hydrogen (secondary N) is 2. The molecule has 2 heterocycles. The Morgan fingerprint density at radius 2 is 1.88 bits per heavy atom. The Bertz CT molecular complexity index is 832. The highest BCUT2D eigenvalue weighted by Gasteiger charge is 2.53. The van der Waals surface area contributed by atoms with Crippen LogP contribution in [0.25, 0.3) is 0 Å². The van der Waals surface area contributed by atoms with Crippen molar-refractivity contribution in [1.29, 1.82) is 0 Å². The van der Waals surface area contributed by atoms with Crippen LogP contribution in [0.3, 0.4) is 0 Å². The van der Waals surface area contributed by atoms with Crippen molar-refractivity contribution in [2.24, 2.45) is 0 Å². The number of carbonyl (C=O) groups is 2. The van der Waals surface area contributed by atoms with E-state index in [9.17, 15) is 9.59 Å². The minimum atomic E-state index is -1.43. The molecule has 2 N–H and O–H groups in total. The van der Waals surface area contributed by atoms with E-state index in [1.807, 2.05) is 6.07 Å². The summed E-state index contributed by atoms with van der Waals surface area (Å²) >= 11 is 3.41. The molecule has 4 rings (SSSR count). The Balaban J connectivity index is 1.74. The molecular weight excluding hydrogens is 376 g/mol. The summed E-state index contributed by atoms with van der Waals surface area (Å²) in [5.41, 5.74) is 2.06. The fourth-order valence-electron chi connectivity index (χ4n) is 2.90. The Labute approximate surface area is 146 Å². The SMILES string of the molecule is O=C(Nc1cc(Br)cc2c1NC(=O)C21OCCO1)c1ccccc1. The van der Waals surface area contributed by atoms with Gasteiger partial charge in [0.15, 0.2) is 0 Å². The van der Waals surface area contributed by atoms with E-state index in [-0.39, 0.29) is 11.8 Å². The minimum absolute atomic E-state index is 0.264. The largest absolute Gasteiger partial charge is 0.336 e. The van der Waals surface area contributed by atoms with Gasteiger partial charge in [0, 0.05) is 15.6 Å². The Hall–Kier alpha value is -2.22. The van der Waals surface area contributed by atoms with Crippen molar-refractivity contribution in [2.75, 3.05) is 23.8 Å². The van der Waals surface area contributed by atoms with Gasteiger partial charge in [0.1, 0.15) is 0 Å². The topological polar surface area (TPSA) is 76.7 Å². The van der Waals surface area contributed by atoms with Crippen LogP contribution >= 0.6 is 15.9 Å². The molecule has 0 radical (unpaired) electrons. The molecule has 24 heavy (non-hydrogen) atoms. The van der Waals surface area contributed by atoms with Gasteiger partial charge in [-0.3, -0.25) is 9.59 Å². The highest BCUT2D eigenvalue weighted by molar-refractivity contribution is 9.10. The molecule has 0 atom stereocenters. The summed E-state index contributed by atoms with van der Waals surface area (Å²) in [4.78, 5) is 24.8. The third kappa shape index (κ3) is 2.32. The molecule has 1 spiro atoms. The highest BCUT2D eigenvalue weighted by Crippen LogP contribution is 2.47. The van der Waals surface area contributed by atoms with Crippen molar-refractivity contribution < 1.29 is 19.1 Å². The van der Waals surface area contributed by atoms with Crippen molar-refractivity contribution in [3.63, 3.8) is 0 Å². The molecule has 0 aromatic heterocycles. The maximum atomic E-state index is 12.4. The van der Waals surface area contributed by atoms with Gasteiger partial charge in [-0.05, 0) is 24.3 Å². The van der Waals surface area contributed by atoms with Gasteiger partial charge in [-0.25, -0.2) is 0 Å². The van der Waals surface area contributed by atoms with Crippen LogP contribution in [0.1, 0.15) is 15.9 Å². The Kier molecular flexibility index (Phi) is 3.64. The summed E-state index contributed by atoms with van der Waals surface area (Å²) in [6.45, 7) is 0.677. The average molecular weight is 389 g/mol. The number of anilines is 2. The molecule has 122 valence electrons. The van der Waals surface area contributed by atoms with Crippen LogP contribution in [0.5, 0.6) is 0 Å². The van der Waals surface area contributed by atoms with E-state index < -0.39 is 5.79 Å². The number of benzene rings is 2. The van der Waals surface area contributed by atoms with Gasteiger partial charge in [-0.1, -0.05) is 34.1 Å². The van der Waals surface area contributed by atoms with E-state index in [0.717, 1.165) is 0 Å². The van der Waals surface area contributed by atoms with Crippen molar-refractivity contribution in [2.45, 2.75) is 5.79 Å². The number of fused-ring (bicyclic) bond motifs is 2. The molecule has 1 fully saturated rings. The molecule has 0 aliphatic carbocycles. The van der Waals surface area contributed by atoms with E-state index in [2.05, 4.69) is 26.6 Å². The number of rotatable bonds is 2. The molecule has 0 bridgehead atoms. The second-order valence-electron chi connectivity index (χ2n) is 5.46. The monoisotopic (exact) mass is 388 g/mol. The summed E-state index contributed by atoms with van der Waals surface area (Å²) in [6.07, 6.45) is 0. The van der Waals surface area contributed by atoms with Crippen LogP contribution in [0, 0.1) is 0 Å². The van der Waals surface area contributed by atoms with E-state index in [1.54, 1.807) is 36.4 Å². The fraction of sp³-hybridized carbons (Fsp3) is 0.176. The zero-order valence-electron chi connectivity index (χ0n) is 12.5. The molecule has 2 aliphatic heterocycles. The summed E-state index contributed by atoms with van der Waals surface area (Å²) < 4.78 is 11.9. The number of hydrogen-bond acceptors (Lipinski definition) is 4. The molecule has 0 saturated carbocycles. The van der Waals surface area contributed by atoms with Crippen LogP contribution in [0.4, 0.5) is 11.4 Å². The molecule has 2 aliphatic rings. The summed E-state index contributed by atoms with van der Waals surface area (Å²) in [5.74, 6) is -2.08. The van der Waals surface area contributed by atoms with Gasteiger partial charge in [0.25, 0.3) is 17.6 Å². The lowest BCUT2D eigenvalue weighted by atomic mass is 10.1. The second-order valence-corrected chi connectivity index (χ2v) is 6.38. The lowest BCUT2D eigenvalue weighted by molar-refractivity contribution is -0.178. The maximum Gasteiger partial charge on any atom is 0.290 e. The molecule has 2 aromatic rings. The summed E-state index contributed by atoms with van der Waals surface area (Å²) in [6, 6.07) is 12.3. The van der Waals surface area contributed by atoms with Crippen molar-refractivity contribution >= 4 is 39.1 Å². The normalized spacial score (nSPS) is 17.6. The van der Waals surface area contributed by atoms with Gasteiger partial charge in [-0.15, -0.1) is 0 Å². The number of hydrogen-bond donors (Lipinski definition) is 2. The summed E-state index contributed by atoms with van der Waals surface area (Å²) in [5, 5.41) is 5.59. The standard InChI is InChI=1S/C17H13BrN2O4/c18-11-8-12-14(20-16(22)17(12)23-6-7-24-17)13(9-11)19-15(21)10-4-2-1-3-5-10/h1-5,8-9H,6-7H2,(H,19,21)(H,20,22). The lowest BCUT2D eigenvalue weighted by Gasteiger charge is -2.19. The van der Waals surface area contributed by atoms with E-state index >= 15 is 0 Å². The highest BCUT2D eigenvalue weighted by atomic mass is 79.9. The first-order chi connectivity index (χ1) is 11.6. The molecule has 6 nitrogen and oxygen atoms in total. The molecular formula is C17H13BrN2O4. The fourth-order valence-corrected chi connectivity index (χ4v) is 3.36. The number of ether oxygens (including phenoxy) is 2.